The molecule has 1 saturated heterocycles. The fourth-order valence-electron chi connectivity index (χ4n) is 4.76. The molecule has 0 unspecified atom stereocenters. The zero-order valence-electron chi connectivity index (χ0n) is 17.1. The molecule has 5 heterocycles. The van der Waals surface area contributed by atoms with Gasteiger partial charge in [0.05, 0.1) is 34.1 Å². The van der Waals surface area contributed by atoms with E-state index in [0.29, 0.717) is 12.1 Å². The lowest BCUT2D eigenvalue weighted by Crippen LogP contribution is -2.63. The number of hydrogen-bond donors (Lipinski definition) is 2. The summed E-state index contributed by atoms with van der Waals surface area (Å²) in [6.45, 7) is 4.20. The Morgan fingerprint density at radius 2 is 2.23 bits per heavy atom. The lowest BCUT2D eigenvalue weighted by Gasteiger charge is -2.46. The summed E-state index contributed by atoms with van der Waals surface area (Å²) in [5.74, 6) is -2.15. The van der Waals surface area contributed by atoms with Gasteiger partial charge in [-0.15, -0.1) is 11.3 Å². The van der Waals surface area contributed by atoms with Gasteiger partial charge in [-0.25, -0.2) is 14.3 Å². The Kier molecular flexibility index (Phi) is 4.96. The second-order valence-electron chi connectivity index (χ2n) is 7.86. The van der Waals surface area contributed by atoms with E-state index in [4.69, 9.17) is 0 Å². The van der Waals surface area contributed by atoms with Crippen molar-refractivity contribution in [3.05, 3.63) is 39.7 Å². The lowest BCUT2D eigenvalue weighted by molar-refractivity contribution is -0.722. The number of carboxylic acid groups (broad SMARTS) is 1. The van der Waals surface area contributed by atoms with E-state index in [1.807, 2.05) is 41.0 Å². The number of aliphatic hydroxyl groups is 1. The Hall–Kier alpha value is -2.21. The van der Waals surface area contributed by atoms with Crippen molar-refractivity contribution >= 4 is 56.7 Å². The molecule has 0 aliphatic carbocycles. The molecule has 0 bridgehead atoms. The number of hydrogen-bond acceptors (Lipinski definition) is 7. The van der Waals surface area contributed by atoms with Gasteiger partial charge >= 0.3 is 5.97 Å². The van der Waals surface area contributed by atoms with Gasteiger partial charge in [0.1, 0.15) is 18.4 Å². The summed E-state index contributed by atoms with van der Waals surface area (Å²) >= 11 is 4.73. The van der Waals surface area contributed by atoms with Crippen molar-refractivity contribution in [1.29, 1.82) is 0 Å². The van der Waals surface area contributed by atoms with Crippen molar-refractivity contribution in [2.24, 2.45) is 11.8 Å². The SMILES string of the molecule is CSc1c2sc(C3=C(C(=O)O)N4C(=O)[C@H]([C@@H](C)O)[C@H]4[C@H]3C)cn2c[n+]1Cc1cscn1. The van der Waals surface area contributed by atoms with Crippen LogP contribution in [0.15, 0.2) is 34.1 Å². The average Bonchev–Trinajstić information content (AvgIpc) is 3.44. The van der Waals surface area contributed by atoms with Gasteiger partial charge < -0.3 is 15.1 Å². The minimum atomic E-state index is -1.11. The van der Waals surface area contributed by atoms with Crippen LogP contribution in [0.3, 0.4) is 0 Å². The van der Waals surface area contributed by atoms with E-state index in [1.54, 1.807) is 30.0 Å². The van der Waals surface area contributed by atoms with E-state index in [1.165, 1.54) is 16.2 Å². The molecule has 5 rings (SSSR count). The van der Waals surface area contributed by atoms with Gasteiger partial charge in [-0.05, 0) is 13.2 Å². The standard InChI is InChI=1S/C20H20N4O4S3/c1-9-13(16(20(27)28)24-15(9)14(10(2)25)17(24)26)12-5-23-8-22(4-11-6-30-7-21-11)18(29-3)19(23)31-12/h5-10,14-15,25H,4H2,1-3H3/p+1/t9-,10+,14+,15+/m0/s1. The first kappa shape index (κ1) is 20.7. The molecule has 3 aromatic heterocycles. The molecule has 2 aliphatic rings. The van der Waals surface area contributed by atoms with Crippen molar-refractivity contribution in [1.82, 2.24) is 14.3 Å². The third-order valence-corrected chi connectivity index (χ3v) is 8.78. The minimum Gasteiger partial charge on any atom is -0.477 e. The average molecular weight is 478 g/mol. The zero-order valence-corrected chi connectivity index (χ0v) is 19.5. The van der Waals surface area contributed by atoms with Crippen LogP contribution in [0.2, 0.25) is 0 Å². The van der Waals surface area contributed by atoms with E-state index in [-0.39, 0.29) is 23.6 Å². The van der Waals surface area contributed by atoms with Gasteiger partial charge in [-0.1, -0.05) is 30.0 Å². The second-order valence-corrected chi connectivity index (χ2v) is 10.4. The van der Waals surface area contributed by atoms with Crippen LogP contribution < -0.4 is 4.57 Å². The number of carboxylic acids is 1. The third-order valence-electron chi connectivity index (χ3n) is 6.05. The maximum Gasteiger partial charge on any atom is 0.352 e. The van der Waals surface area contributed by atoms with Crippen LogP contribution in [0.4, 0.5) is 0 Å². The Balaban J connectivity index is 1.58. The van der Waals surface area contributed by atoms with E-state index >= 15 is 0 Å². The highest BCUT2D eigenvalue weighted by molar-refractivity contribution is 7.98. The second kappa shape index (κ2) is 7.44. The first-order valence-electron chi connectivity index (χ1n) is 9.77. The molecule has 2 aliphatic heterocycles. The number of aliphatic hydroxyl groups excluding tert-OH is 1. The van der Waals surface area contributed by atoms with Crippen molar-refractivity contribution in [3.63, 3.8) is 0 Å². The number of carbonyl (C=O) groups is 2. The normalized spacial score (nSPS) is 24.1. The highest BCUT2D eigenvalue weighted by Gasteiger charge is 2.60. The number of aromatic nitrogens is 3. The number of β-lactam (4-membered cyclic amide) rings is 1. The number of amides is 1. The molecule has 1 amide bonds. The number of thioether (sulfide) groups is 1. The molecule has 162 valence electrons. The Labute approximate surface area is 190 Å². The van der Waals surface area contributed by atoms with E-state index in [2.05, 4.69) is 9.55 Å². The third kappa shape index (κ3) is 2.98. The molecule has 0 radical (unpaired) electrons. The van der Waals surface area contributed by atoms with Crippen molar-refractivity contribution in [3.8, 4) is 0 Å². The highest BCUT2D eigenvalue weighted by Crippen LogP contribution is 2.51. The minimum absolute atomic E-state index is 0.0463. The highest BCUT2D eigenvalue weighted by atomic mass is 32.2. The molecule has 4 atom stereocenters. The number of aliphatic carboxylic acids is 1. The van der Waals surface area contributed by atoms with Gasteiger partial charge in [-0.3, -0.25) is 4.79 Å². The molecule has 11 heteroatoms. The predicted octanol–water partition coefficient (Wildman–Crippen LogP) is 2.17. The number of rotatable bonds is 6. The first-order chi connectivity index (χ1) is 14.8. The van der Waals surface area contributed by atoms with E-state index in [9.17, 15) is 19.8 Å². The topological polar surface area (TPSA) is 99.0 Å². The summed E-state index contributed by atoms with van der Waals surface area (Å²) < 4.78 is 4.15. The first-order valence-corrected chi connectivity index (χ1v) is 12.8. The van der Waals surface area contributed by atoms with Crippen molar-refractivity contribution < 1.29 is 24.4 Å². The number of imidazole rings is 1. The summed E-state index contributed by atoms with van der Waals surface area (Å²) in [6, 6.07) is -0.315. The fraction of sp³-hybridized carbons (Fsp3) is 0.400. The Morgan fingerprint density at radius 1 is 1.45 bits per heavy atom. The summed E-state index contributed by atoms with van der Waals surface area (Å²) in [5, 5.41) is 23.1. The van der Waals surface area contributed by atoms with Gasteiger partial charge in [0.2, 0.25) is 15.8 Å². The number of thiazole rings is 2. The van der Waals surface area contributed by atoms with E-state index < -0.39 is 18.0 Å². The number of carbonyl (C=O) groups excluding carboxylic acids is 1. The van der Waals surface area contributed by atoms with Crippen LogP contribution in [0.25, 0.3) is 10.4 Å². The van der Waals surface area contributed by atoms with E-state index in [0.717, 1.165) is 20.4 Å². The molecule has 2 N–H and O–H groups in total. The van der Waals surface area contributed by atoms with Gasteiger partial charge in [0, 0.05) is 16.9 Å². The number of fused-ring (bicyclic) bond motifs is 2. The van der Waals surface area contributed by atoms with Gasteiger partial charge in [0.15, 0.2) is 0 Å². The van der Waals surface area contributed by atoms with Crippen LogP contribution in [0.1, 0.15) is 24.4 Å². The van der Waals surface area contributed by atoms with Gasteiger partial charge in [-0.2, -0.15) is 4.40 Å². The molecule has 3 aromatic rings. The van der Waals surface area contributed by atoms with Crippen molar-refractivity contribution in [2.45, 2.75) is 37.6 Å². The zero-order chi connectivity index (χ0) is 22.0. The summed E-state index contributed by atoms with van der Waals surface area (Å²) in [7, 11) is 0. The molecule has 8 nitrogen and oxygen atoms in total. The quantitative estimate of drug-likeness (QED) is 0.321. The molecule has 0 saturated carbocycles. The smallest absolute Gasteiger partial charge is 0.352 e. The van der Waals surface area contributed by atoms with Crippen LogP contribution in [-0.2, 0) is 16.1 Å². The summed E-state index contributed by atoms with van der Waals surface area (Å²) in [5.41, 5.74) is 3.53. The van der Waals surface area contributed by atoms with Crippen LogP contribution in [0, 0.1) is 11.8 Å². The maximum absolute atomic E-state index is 12.6. The molecular weight excluding hydrogens is 456 g/mol. The van der Waals surface area contributed by atoms with Gasteiger partial charge in [0.25, 0.3) is 6.33 Å². The summed E-state index contributed by atoms with van der Waals surface area (Å²) in [4.78, 5) is 32.3. The fourth-order valence-corrected chi connectivity index (χ4v) is 7.49. The monoisotopic (exact) mass is 477 g/mol. The Bertz CT molecular complexity index is 1230. The molecular formula is C20H21N4O4S3+. The van der Waals surface area contributed by atoms with Crippen LogP contribution >= 0.6 is 34.4 Å². The maximum atomic E-state index is 12.6. The molecule has 0 spiro atoms. The Morgan fingerprint density at radius 3 is 2.84 bits per heavy atom. The van der Waals surface area contributed by atoms with Crippen LogP contribution in [-0.4, -0.2) is 54.8 Å². The summed E-state index contributed by atoms with van der Waals surface area (Å²) in [6.07, 6.45) is 5.15. The predicted molar refractivity (Wildman–Crippen MR) is 118 cm³/mol. The lowest BCUT2D eigenvalue weighted by atomic mass is 9.77. The molecule has 1 fully saturated rings. The largest absolute Gasteiger partial charge is 0.477 e. The molecule has 0 aromatic carbocycles. The number of nitrogens with zero attached hydrogens (tertiary/aromatic N) is 4. The molecule has 31 heavy (non-hydrogen) atoms. The van der Waals surface area contributed by atoms with Crippen molar-refractivity contribution in [2.75, 3.05) is 6.26 Å². The van der Waals surface area contributed by atoms with Crippen LogP contribution in [0.5, 0.6) is 0 Å².